The van der Waals surface area contributed by atoms with Crippen LogP contribution in [-0.4, -0.2) is 53.5 Å². The topological polar surface area (TPSA) is 162 Å². The maximum Gasteiger partial charge on any atom is 0.322 e. The van der Waals surface area contributed by atoms with E-state index in [-0.39, 0.29) is 13.2 Å². The molecule has 0 saturated heterocycles. The van der Waals surface area contributed by atoms with Crippen molar-refractivity contribution in [3.8, 4) is 0 Å². The van der Waals surface area contributed by atoms with Crippen molar-refractivity contribution in [2.45, 2.75) is 50.3 Å². The molecule has 0 amide bonds. The minimum Gasteiger partial charge on any atom is -0.480 e. The van der Waals surface area contributed by atoms with Crippen molar-refractivity contribution in [1.82, 2.24) is 0 Å². The number of ether oxygens (including phenoxy) is 1. The van der Waals surface area contributed by atoms with Gasteiger partial charge in [0.05, 0.1) is 12.7 Å². The molecule has 0 aromatic carbocycles. The summed E-state index contributed by atoms with van der Waals surface area (Å²) in [6.45, 7) is 0.309. The smallest absolute Gasteiger partial charge is 0.322 e. The molecular formula is C12H25N3O5. The van der Waals surface area contributed by atoms with E-state index < -0.39 is 30.1 Å². The molecule has 0 rings (SSSR count). The van der Waals surface area contributed by atoms with Gasteiger partial charge in [-0.05, 0) is 32.1 Å². The monoisotopic (exact) mass is 291 g/mol. The van der Waals surface area contributed by atoms with Crippen molar-refractivity contribution in [2.24, 2.45) is 17.2 Å². The van der Waals surface area contributed by atoms with E-state index in [0.29, 0.717) is 32.1 Å². The third-order valence-corrected chi connectivity index (χ3v) is 2.86. The molecule has 0 saturated carbocycles. The molecule has 0 aliphatic rings. The minimum absolute atomic E-state index is 0.131. The Morgan fingerprint density at radius 1 is 1.05 bits per heavy atom. The second-order valence-corrected chi connectivity index (χ2v) is 4.68. The summed E-state index contributed by atoms with van der Waals surface area (Å²) in [5, 5.41) is 17.8. The van der Waals surface area contributed by atoms with Gasteiger partial charge in [0.15, 0.2) is 0 Å². The van der Waals surface area contributed by atoms with Crippen LogP contribution in [0.25, 0.3) is 0 Å². The van der Waals surface area contributed by atoms with Crippen molar-refractivity contribution in [3.63, 3.8) is 0 Å². The van der Waals surface area contributed by atoms with Gasteiger partial charge in [-0.3, -0.25) is 9.59 Å². The second-order valence-electron chi connectivity index (χ2n) is 4.68. The molecule has 118 valence electrons. The Bertz CT molecular complexity index is 301. The van der Waals surface area contributed by atoms with Crippen molar-refractivity contribution < 1.29 is 24.5 Å². The molecule has 0 radical (unpaired) electrons. The van der Waals surface area contributed by atoms with Gasteiger partial charge in [-0.25, -0.2) is 0 Å². The number of hydrogen-bond acceptors (Lipinski definition) is 7. The summed E-state index contributed by atoms with van der Waals surface area (Å²) in [6.07, 6.45) is 1.42. The average molecular weight is 291 g/mol. The molecule has 0 spiro atoms. The summed E-state index contributed by atoms with van der Waals surface area (Å²) in [5.74, 6) is -1.57. The fourth-order valence-electron chi connectivity index (χ4n) is 1.48. The van der Waals surface area contributed by atoms with Crippen molar-refractivity contribution >= 4 is 11.9 Å². The van der Waals surface area contributed by atoms with Crippen molar-refractivity contribution in [2.75, 3.05) is 13.2 Å². The lowest BCUT2D eigenvalue weighted by molar-refractivity contribution is -0.146. The molecule has 0 fully saturated rings. The number of aliphatic hydroxyl groups is 1. The summed E-state index contributed by atoms with van der Waals surface area (Å²) in [4.78, 5) is 21.9. The first kappa shape index (κ1) is 18.8. The number of nitrogens with two attached hydrogens (primary N) is 3. The highest BCUT2D eigenvalue weighted by atomic mass is 16.5. The van der Waals surface area contributed by atoms with Crippen LogP contribution in [0.1, 0.15) is 32.1 Å². The number of carboxylic acids is 1. The molecule has 8 nitrogen and oxygen atoms in total. The Morgan fingerprint density at radius 2 is 1.70 bits per heavy atom. The van der Waals surface area contributed by atoms with E-state index in [1.165, 1.54) is 0 Å². The fourth-order valence-corrected chi connectivity index (χ4v) is 1.48. The van der Waals surface area contributed by atoms with Crippen LogP contribution < -0.4 is 17.2 Å². The van der Waals surface area contributed by atoms with E-state index in [1.807, 2.05) is 0 Å². The predicted molar refractivity (Wildman–Crippen MR) is 72.7 cm³/mol. The van der Waals surface area contributed by atoms with Crippen LogP contribution in [0.5, 0.6) is 0 Å². The van der Waals surface area contributed by atoms with Gasteiger partial charge in [-0.15, -0.1) is 0 Å². The van der Waals surface area contributed by atoms with Crippen LogP contribution in [0, 0.1) is 0 Å². The van der Waals surface area contributed by atoms with Crippen LogP contribution in [-0.2, 0) is 14.3 Å². The Balaban J connectivity index is 3.64. The van der Waals surface area contributed by atoms with Crippen LogP contribution in [0.2, 0.25) is 0 Å². The maximum absolute atomic E-state index is 11.5. The predicted octanol–water partition coefficient (Wildman–Crippen LogP) is -1.46. The SMILES string of the molecule is NCC(O)CC[C@H](N)C(=O)OCCCCC(N)C(=O)O. The van der Waals surface area contributed by atoms with Gasteiger partial charge in [0.1, 0.15) is 12.1 Å². The summed E-state index contributed by atoms with van der Waals surface area (Å²) in [5.41, 5.74) is 16.2. The molecule has 0 heterocycles. The Morgan fingerprint density at radius 3 is 2.25 bits per heavy atom. The highest BCUT2D eigenvalue weighted by Gasteiger charge is 2.16. The number of esters is 1. The molecular weight excluding hydrogens is 266 g/mol. The van der Waals surface area contributed by atoms with Crippen LogP contribution in [0.3, 0.4) is 0 Å². The molecule has 2 unspecified atom stereocenters. The van der Waals surface area contributed by atoms with E-state index >= 15 is 0 Å². The first-order chi connectivity index (χ1) is 9.38. The van der Waals surface area contributed by atoms with E-state index in [0.717, 1.165) is 0 Å². The van der Waals surface area contributed by atoms with Crippen molar-refractivity contribution in [3.05, 3.63) is 0 Å². The lowest BCUT2D eigenvalue weighted by atomic mass is 10.1. The van der Waals surface area contributed by atoms with Crippen LogP contribution in [0.15, 0.2) is 0 Å². The second kappa shape index (κ2) is 10.6. The summed E-state index contributed by atoms with van der Waals surface area (Å²) >= 11 is 0. The van der Waals surface area contributed by atoms with Gasteiger partial charge in [-0.1, -0.05) is 0 Å². The molecule has 0 aliphatic heterocycles. The van der Waals surface area contributed by atoms with Crippen molar-refractivity contribution in [1.29, 1.82) is 0 Å². The molecule has 0 bridgehead atoms. The number of carbonyl (C=O) groups excluding carboxylic acids is 1. The zero-order chi connectivity index (χ0) is 15.5. The van der Waals surface area contributed by atoms with Gasteiger partial charge >= 0.3 is 11.9 Å². The summed E-state index contributed by atoms with van der Waals surface area (Å²) < 4.78 is 4.95. The number of aliphatic hydroxyl groups excluding tert-OH is 1. The maximum atomic E-state index is 11.5. The number of aliphatic carboxylic acids is 1. The largest absolute Gasteiger partial charge is 0.480 e. The molecule has 3 atom stereocenters. The van der Waals surface area contributed by atoms with Gasteiger partial charge in [-0.2, -0.15) is 0 Å². The van der Waals surface area contributed by atoms with Gasteiger partial charge < -0.3 is 32.2 Å². The number of hydrogen-bond donors (Lipinski definition) is 5. The molecule has 0 aromatic rings. The number of carboxylic acid groups (broad SMARTS) is 1. The summed E-state index contributed by atoms with van der Waals surface area (Å²) in [7, 11) is 0. The zero-order valence-electron chi connectivity index (χ0n) is 11.5. The number of carbonyl (C=O) groups is 2. The Hall–Kier alpha value is -1.22. The third kappa shape index (κ3) is 8.81. The molecule has 0 aromatic heterocycles. The van der Waals surface area contributed by atoms with Crippen LogP contribution in [0.4, 0.5) is 0 Å². The minimum atomic E-state index is -1.04. The standard InChI is InChI=1S/C12H25N3O5/c13-7-8(16)4-5-10(15)12(19)20-6-2-1-3-9(14)11(17)18/h8-10,16H,1-7,13-15H2,(H,17,18)/t8?,9?,10-/m0/s1. The van der Waals surface area contributed by atoms with Gasteiger partial charge in [0.25, 0.3) is 0 Å². The lowest BCUT2D eigenvalue weighted by Gasteiger charge is -2.13. The number of rotatable bonds is 11. The highest BCUT2D eigenvalue weighted by Crippen LogP contribution is 2.03. The van der Waals surface area contributed by atoms with E-state index in [1.54, 1.807) is 0 Å². The molecule has 20 heavy (non-hydrogen) atoms. The molecule has 8 N–H and O–H groups in total. The molecule has 8 heteroatoms. The highest BCUT2D eigenvalue weighted by molar-refractivity contribution is 5.75. The van der Waals surface area contributed by atoms with Gasteiger partial charge in [0, 0.05) is 6.54 Å². The third-order valence-electron chi connectivity index (χ3n) is 2.86. The van der Waals surface area contributed by atoms with E-state index in [4.69, 9.17) is 27.0 Å². The van der Waals surface area contributed by atoms with E-state index in [9.17, 15) is 14.7 Å². The first-order valence-corrected chi connectivity index (χ1v) is 6.67. The normalized spacial score (nSPS) is 15.4. The quantitative estimate of drug-likeness (QED) is 0.228. The average Bonchev–Trinajstić information content (AvgIpc) is 2.43. The Kier molecular flexibility index (Phi) is 9.91. The Labute approximate surface area is 118 Å². The van der Waals surface area contributed by atoms with Gasteiger partial charge in [0.2, 0.25) is 0 Å². The van der Waals surface area contributed by atoms with E-state index in [2.05, 4.69) is 0 Å². The van der Waals surface area contributed by atoms with Crippen LogP contribution >= 0.6 is 0 Å². The first-order valence-electron chi connectivity index (χ1n) is 6.67. The zero-order valence-corrected chi connectivity index (χ0v) is 11.5. The number of unbranched alkanes of at least 4 members (excludes halogenated alkanes) is 1. The molecule has 0 aliphatic carbocycles. The summed E-state index contributed by atoms with van der Waals surface area (Å²) in [6, 6.07) is -1.66. The lowest BCUT2D eigenvalue weighted by Crippen LogP contribution is -2.34. The fraction of sp³-hybridized carbons (Fsp3) is 0.833.